The van der Waals surface area contributed by atoms with Gasteiger partial charge in [-0.3, -0.25) is 14.5 Å². The van der Waals surface area contributed by atoms with Crippen molar-refractivity contribution in [3.05, 3.63) is 57.0 Å². The van der Waals surface area contributed by atoms with E-state index < -0.39 is 0 Å². The summed E-state index contributed by atoms with van der Waals surface area (Å²) in [5.74, 6) is 0.575. The van der Waals surface area contributed by atoms with Crippen molar-refractivity contribution < 1.29 is 4.79 Å². The third-order valence-corrected chi connectivity index (χ3v) is 5.61. The van der Waals surface area contributed by atoms with Gasteiger partial charge in [-0.2, -0.15) is 5.10 Å². The summed E-state index contributed by atoms with van der Waals surface area (Å²) in [5.41, 5.74) is 2.06. The van der Waals surface area contributed by atoms with E-state index in [1.165, 1.54) is 4.88 Å². The topological polar surface area (TPSA) is 66.0 Å². The monoisotopic (exact) mass is 401 g/mol. The Labute approximate surface area is 167 Å². The summed E-state index contributed by atoms with van der Waals surface area (Å²) in [5, 5.41) is 12.2. The highest BCUT2D eigenvalue weighted by molar-refractivity contribution is 7.71. The molecule has 0 aliphatic heterocycles. The first-order chi connectivity index (χ1) is 13.0. The molecule has 0 spiro atoms. The van der Waals surface area contributed by atoms with E-state index in [1.807, 2.05) is 56.7 Å². The summed E-state index contributed by atoms with van der Waals surface area (Å²) < 4.78 is 2.17. The molecule has 6 nitrogen and oxygen atoms in total. The third kappa shape index (κ3) is 4.71. The predicted molar refractivity (Wildman–Crippen MR) is 111 cm³/mol. The number of thiophene rings is 1. The van der Waals surface area contributed by atoms with Crippen molar-refractivity contribution in [3.63, 3.8) is 0 Å². The standard InChI is InChI=1S/C19H23N5OS2/c1-13-6-4-7-14(10-13)18-21-22-19(26)24(18)12-17(25)20-11-15(23(2)3)16-8-5-9-27-16/h4-10,15H,11-12H2,1-3H3,(H,20,25)(H,22,26). The molecule has 0 saturated carbocycles. The molecule has 2 aromatic heterocycles. The number of hydrogen-bond donors (Lipinski definition) is 2. The first kappa shape index (κ1) is 19.5. The van der Waals surface area contributed by atoms with Gasteiger partial charge >= 0.3 is 0 Å². The number of aromatic amines is 1. The van der Waals surface area contributed by atoms with Gasteiger partial charge in [0, 0.05) is 17.0 Å². The number of rotatable bonds is 7. The molecule has 0 aliphatic rings. The van der Waals surface area contributed by atoms with Crippen LogP contribution in [0, 0.1) is 11.7 Å². The molecule has 27 heavy (non-hydrogen) atoms. The van der Waals surface area contributed by atoms with Gasteiger partial charge in [0.25, 0.3) is 0 Å². The number of aryl methyl sites for hydroxylation is 1. The normalized spacial score (nSPS) is 12.3. The molecule has 1 aromatic carbocycles. The van der Waals surface area contributed by atoms with Crippen LogP contribution < -0.4 is 5.32 Å². The minimum absolute atomic E-state index is 0.0928. The van der Waals surface area contributed by atoms with Crippen LogP contribution in [0.25, 0.3) is 11.4 Å². The molecular weight excluding hydrogens is 378 g/mol. The zero-order chi connectivity index (χ0) is 19.4. The van der Waals surface area contributed by atoms with Gasteiger partial charge in [0.2, 0.25) is 5.91 Å². The Hall–Kier alpha value is -2.29. The number of nitrogens with one attached hydrogen (secondary N) is 2. The lowest BCUT2D eigenvalue weighted by atomic mass is 10.1. The van der Waals surface area contributed by atoms with E-state index in [9.17, 15) is 4.79 Å². The lowest BCUT2D eigenvalue weighted by Gasteiger charge is -2.23. The quantitative estimate of drug-likeness (QED) is 0.596. The number of H-pyrrole nitrogens is 1. The molecule has 0 bridgehead atoms. The van der Waals surface area contributed by atoms with Crippen LogP contribution in [0.2, 0.25) is 0 Å². The maximum Gasteiger partial charge on any atom is 0.240 e. The second kappa shape index (κ2) is 8.60. The summed E-state index contributed by atoms with van der Waals surface area (Å²) in [6, 6.07) is 12.2. The Bertz CT molecular complexity index is 959. The lowest BCUT2D eigenvalue weighted by Crippen LogP contribution is -2.36. The molecule has 1 amide bonds. The second-order valence-corrected chi connectivity index (χ2v) is 7.97. The van der Waals surface area contributed by atoms with Crippen LogP contribution >= 0.6 is 23.6 Å². The highest BCUT2D eigenvalue weighted by atomic mass is 32.1. The van der Waals surface area contributed by atoms with Crippen molar-refractivity contribution in [1.82, 2.24) is 25.0 Å². The van der Waals surface area contributed by atoms with E-state index in [0.717, 1.165) is 11.1 Å². The van der Waals surface area contributed by atoms with Crippen LogP contribution in [0.1, 0.15) is 16.5 Å². The smallest absolute Gasteiger partial charge is 0.240 e. The molecule has 2 heterocycles. The van der Waals surface area contributed by atoms with E-state index in [1.54, 1.807) is 15.9 Å². The highest BCUT2D eigenvalue weighted by Gasteiger charge is 2.17. The van der Waals surface area contributed by atoms with Gasteiger partial charge < -0.3 is 10.2 Å². The molecule has 142 valence electrons. The molecule has 0 aliphatic carbocycles. The Morgan fingerprint density at radius 2 is 2.19 bits per heavy atom. The zero-order valence-corrected chi connectivity index (χ0v) is 17.2. The number of benzene rings is 1. The van der Waals surface area contributed by atoms with Crippen molar-refractivity contribution in [1.29, 1.82) is 0 Å². The minimum atomic E-state index is -0.0928. The van der Waals surface area contributed by atoms with Crippen molar-refractivity contribution in [2.75, 3.05) is 20.6 Å². The lowest BCUT2D eigenvalue weighted by molar-refractivity contribution is -0.121. The van der Waals surface area contributed by atoms with Crippen molar-refractivity contribution in [2.24, 2.45) is 0 Å². The van der Waals surface area contributed by atoms with Crippen LogP contribution in [0.3, 0.4) is 0 Å². The summed E-state index contributed by atoms with van der Waals surface area (Å²) in [7, 11) is 4.02. The Kier molecular flexibility index (Phi) is 6.20. The third-order valence-electron chi connectivity index (χ3n) is 4.32. The largest absolute Gasteiger partial charge is 0.353 e. The maximum absolute atomic E-state index is 12.6. The van der Waals surface area contributed by atoms with Crippen LogP contribution in [-0.4, -0.2) is 46.2 Å². The van der Waals surface area contributed by atoms with Crippen molar-refractivity contribution >= 4 is 29.5 Å². The van der Waals surface area contributed by atoms with E-state index in [2.05, 4.69) is 26.5 Å². The van der Waals surface area contributed by atoms with Crippen molar-refractivity contribution in [3.8, 4) is 11.4 Å². The Morgan fingerprint density at radius 1 is 1.37 bits per heavy atom. The first-order valence-corrected chi connectivity index (χ1v) is 9.93. The average Bonchev–Trinajstić information content (AvgIpc) is 3.26. The summed E-state index contributed by atoms with van der Waals surface area (Å²) in [6.07, 6.45) is 0. The predicted octanol–water partition coefficient (Wildman–Crippen LogP) is 3.40. The molecule has 1 atom stereocenters. The molecule has 0 saturated heterocycles. The molecule has 0 fully saturated rings. The van der Waals surface area contributed by atoms with E-state index in [0.29, 0.717) is 17.1 Å². The SMILES string of the molecule is Cc1cccc(-c2n[nH]c(=S)n2CC(=O)NCC(c2cccs2)N(C)C)c1. The molecule has 3 aromatic rings. The summed E-state index contributed by atoms with van der Waals surface area (Å²) >= 11 is 7.01. The van der Waals surface area contributed by atoms with E-state index in [4.69, 9.17) is 12.2 Å². The van der Waals surface area contributed by atoms with Crippen molar-refractivity contribution in [2.45, 2.75) is 19.5 Å². The Balaban J connectivity index is 1.71. The van der Waals surface area contributed by atoms with Gasteiger partial charge in [-0.15, -0.1) is 11.3 Å². The molecule has 0 radical (unpaired) electrons. The zero-order valence-electron chi connectivity index (χ0n) is 15.6. The van der Waals surface area contributed by atoms with Crippen LogP contribution in [0.4, 0.5) is 0 Å². The molecular formula is C19H23N5OS2. The fourth-order valence-electron chi connectivity index (χ4n) is 2.90. The van der Waals surface area contributed by atoms with Crippen LogP contribution in [-0.2, 0) is 11.3 Å². The summed E-state index contributed by atoms with van der Waals surface area (Å²) in [6.45, 7) is 2.69. The van der Waals surface area contributed by atoms with Gasteiger partial charge in [0.15, 0.2) is 10.6 Å². The van der Waals surface area contributed by atoms with E-state index in [-0.39, 0.29) is 18.5 Å². The maximum atomic E-state index is 12.6. The van der Waals surface area contributed by atoms with Gasteiger partial charge in [0.1, 0.15) is 6.54 Å². The summed E-state index contributed by atoms with van der Waals surface area (Å²) in [4.78, 5) is 15.9. The number of hydrogen-bond acceptors (Lipinski definition) is 5. The fourth-order valence-corrected chi connectivity index (χ4v) is 4.02. The first-order valence-electron chi connectivity index (χ1n) is 8.64. The molecule has 3 rings (SSSR count). The second-order valence-electron chi connectivity index (χ2n) is 6.61. The average molecular weight is 402 g/mol. The fraction of sp³-hybridized carbons (Fsp3) is 0.316. The number of likely N-dealkylation sites (N-methyl/N-ethyl adjacent to an activating group) is 1. The van der Waals surface area contributed by atoms with Gasteiger partial charge in [-0.1, -0.05) is 29.8 Å². The minimum Gasteiger partial charge on any atom is -0.353 e. The number of carbonyl (C=O) groups is 1. The number of carbonyl (C=O) groups excluding carboxylic acids is 1. The van der Waals surface area contributed by atoms with E-state index >= 15 is 0 Å². The van der Waals surface area contributed by atoms with Gasteiger partial charge in [0.05, 0.1) is 6.04 Å². The number of aromatic nitrogens is 3. The highest BCUT2D eigenvalue weighted by Crippen LogP contribution is 2.22. The van der Waals surface area contributed by atoms with Crippen LogP contribution in [0.5, 0.6) is 0 Å². The number of amides is 1. The van der Waals surface area contributed by atoms with Gasteiger partial charge in [-0.25, -0.2) is 0 Å². The number of nitrogens with zero attached hydrogens (tertiary/aromatic N) is 3. The Morgan fingerprint density at radius 3 is 2.85 bits per heavy atom. The van der Waals surface area contributed by atoms with Crippen LogP contribution in [0.15, 0.2) is 41.8 Å². The van der Waals surface area contributed by atoms with Gasteiger partial charge in [-0.05, 0) is 50.7 Å². The molecule has 8 heteroatoms. The molecule has 1 unspecified atom stereocenters. The molecule has 2 N–H and O–H groups in total.